The van der Waals surface area contributed by atoms with Crippen LogP contribution in [-0.2, 0) is 11.2 Å². The summed E-state index contributed by atoms with van der Waals surface area (Å²) in [7, 11) is 0. The lowest BCUT2D eigenvalue weighted by molar-refractivity contribution is 0.184. The minimum Gasteiger partial charge on any atom is -0.396 e. The number of hydrogen-bond acceptors (Lipinski definition) is 4. The molecule has 1 fully saturated rings. The highest BCUT2D eigenvalue weighted by Crippen LogP contribution is 2.19. The topological polar surface area (TPSA) is 52.6 Å². The van der Waals surface area contributed by atoms with Crippen molar-refractivity contribution >= 4 is 0 Å². The van der Waals surface area contributed by atoms with Gasteiger partial charge in [0.25, 0.3) is 0 Å². The van der Waals surface area contributed by atoms with Crippen LogP contribution in [0.2, 0.25) is 0 Å². The molecule has 2 heterocycles. The Morgan fingerprint density at radius 3 is 2.86 bits per heavy atom. The zero-order valence-electron chi connectivity index (χ0n) is 8.25. The van der Waals surface area contributed by atoms with E-state index in [9.17, 15) is 4.79 Å². The third-order valence-electron chi connectivity index (χ3n) is 2.64. The molecule has 1 aromatic rings. The number of aryl methyl sites for hydroxylation is 2. The highest BCUT2D eigenvalue weighted by atomic mass is 16.6. The number of rotatable bonds is 3. The molecule has 1 saturated heterocycles. The Labute approximate surface area is 81.9 Å². The fourth-order valence-corrected chi connectivity index (χ4v) is 1.75. The van der Waals surface area contributed by atoms with Gasteiger partial charge in [0.2, 0.25) is 0 Å². The normalized spacial score (nSPS) is 21.6. The van der Waals surface area contributed by atoms with E-state index in [0.717, 1.165) is 32.5 Å². The average Bonchev–Trinajstić information content (AvgIpc) is 2.72. The molecule has 14 heavy (non-hydrogen) atoms. The minimum absolute atomic E-state index is 0.597. The Bertz CT molecular complexity index is 343. The van der Waals surface area contributed by atoms with E-state index in [-0.39, 0.29) is 0 Å². The summed E-state index contributed by atoms with van der Waals surface area (Å²) in [5.41, 5.74) is 0. The second-order valence-corrected chi connectivity index (χ2v) is 3.70. The molecule has 78 valence electrons. The lowest BCUT2D eigenvalue weighted by Crippen LogP contribution is -2.01. The van der Waals surface area contributed by atoms with E-state index in [1.165, 1.54) is 0 Å². The molecule has 4 heteroatoms. The van der Waals surface area contributed by atoms with Crippen LogP contribution >= 0.6 is 0 Å². The quantitative estimate of drug-likeness (QED) is 0.738. The summed E-state index contributed by atoms with van der Waals surface area (Å²) in [4.78, 5) is 10.7. The molecule has 0 bridgehead atoms. The van der Waals surface area contributed by atoms with E-state index >= 15 is 0 Å². The molecule has 2 rings (SSSR count). The molecule has 1 atom stereocenters. The van der Waals surface area contributed by atoms with Crippen LogP contribution in [0.5, 0.6) is 0 Å². The molecule has 0 N–H and O–H groups in total. The molecule has 1 unspecified atom stereocenters. The van der Waals surface area contributed by atoms with Crippen LogP contribution in [0.4, 0.5) is 0 Å². The van der Waals surface area contributed by atoms with E-state index in [1.807, 2.05) is 0 Å². The monoisotopic (exact) mass is 198 g/mol. The second-order valence-electron chi connectivity index (χ2n) is 3.70. The van der Waals surface area contributed by atoms with Crippen LogP contribution in [0.3, 0.4) is 0 Å². The summed E-state index contributed by atoms with van der Waals surface area (Å²) in [5.74, 6) is 1.30. The standard InChI is InChI=1S/C10H14O4/c1-7-9(14-10(11)13-7)3-2-8-4-5-12-6-8/h8H,2-6H2,1H3. The number of hydrogen-bond donors (Lipinski definition) is 0. The largest absolute Gasteiger partial charge is 0.519 e. The van der Waals surface area contributed by atoms with Crippen LogP contribution < -0.4 is 5.82 Å². The van der Waals surface area contributed by atoms with E-state index in [2.05, 4.69) is 0 Å². The van der Waals surface area contributed by atoms with Crippen molar-refractivity contribution in [1.82, 2.24) is 0 Å². The van der Waals surface area contributed by atoms with Crippen LogP contribution in [0.15, 0.2) is 13.6 Å². The Morgan fingerprint density at radius 1 is 1.43 bits per heavy atom. The maximum atomic E-state index is 10.7. The molecule has 0 amide bonds. The minimum atomic E-state index is -0.597. The molecule has 1 aliphatic heterocycles. The van der Waals surface area contributed by atoms with Gasteiger partial charge >= 0.3 is 5.82 Å². The third-order valence-corrected chi connectivity index (χ3v) is 2.64. The second kappa shape index (κ2) is 4.00. The van der Waals surface area contributed by atoms with Gasteiger partial charge in [-0.05, 0) is 25.7 Å². The molecular weight excluding hydrogens is 184 g/mol. The van der Waals surface area contributed by atoms with Crippen molar-refractivity contribution in [2.24, 2.45) is 5.92 Å². The van der Waals surface area contributed by atoms with Crippen LogP contribution in [-0.4, -0.2) is 13.2 Å². The first kappa shape index (κ1) is 9.52. The maximum Gasteiger partial charge on any atom is 0.519 e. The Hall–Kier alpha value is -1.03. The third kappa shape index (κ3) is 2.07. The summed E-state index contributed by atoms with van der Waals surface area (Å²) in [6.45, 7) is 3.45. The van der Waals surface area contributed by atoms with Gasteiger partial charge in [-0.3, -0.25) is 0 Å². The van der Waals surface area contributed by atoms with E-state index < -0.39 is 5.82 Å². The summed E-state index contributed by atoms with van der Waals surface area (Å²) in [6, 6.07) is 0. The predicted octanol–water partition coefficient (Wildman–Crippen LogP) is 1.51. The van der Waals surface area contributed by atoms with Gasteiger partial charge in [0.1, 0.15) is 11.5 Å². The van der Waals surface area contributed by atoms with Crippen LogP contribution in [0.25, 0.3) is 0 Å². The maximum absolute atomic E-state index is 10.7. The van der Waals surface area contributed by atoms with Gasteiger partial charge in [-0.15, -0.1) is 0 Å². The average molecular weight is 198 g/mol. The fourth-order valence-electron chi connectivity index (χ4n) is 1.75. The molecule has 0 radical (unpaired) electrons. The van der Waals surface area contributed by atoms with Gasteiger partial charge in [-0.2, -0.15) is 0 Å². The predicted molar refractivity (Wildman–Crippen MR) is 49.2 cm³/mol. The van der Waals surface area contributed by atoms with Gasteiger partial charge in [-0.25, -0.2) is 4.79 Å². The van der Waals surface area contributed by atoms with Crippen LogP contribution in [0.1, 0.15) is 24.4 Å². The Kier molecular flexibility index (Phi) is 2.72. The summed E-state index contributed by atoms with van der Waals surface area (Å²) < 4.78 is 15.0. The zero-order valence-corrected chi connectivity index (χ0v) is 8.25. The van der Waals surface area contributed by atoms with Crippen molar-refractivity contribution in [3.05, 3.63) is 22.1 Å². The van der Waals surface area contributed by atoms with Crippen molar-refractivity contribution in [3.8, 4) is 0 Å². The lowest BCUT2D eigenvalue weighted by Gasteiger charge is -2.04. The van der Waals surface area contributed by atoms with Gasteiger partial charge in [0, 0.05) is 19.6 Å². The van der Waals surface area contributed by atoms with Gasteiger partial charge < -0.3 is 13.6 Å². The molecule has 0 spiro atoms. The smallest absolute Gasteiger partial charge is 0.396 e. The van der Waals surface area contributed by atoms with Crippen molar-refractivity contribution in [3.63, 3.8) is 0 Å². The first-order valence-corrected chi connectivity index (χ1v) is 4.93. The lowest BCUT2D eigenvalue weighted by atomic mass is 10.0. The molecular formula is C10H14O4. The molecule has 0 aromatic carbocycles. The summed E-state index contributed by atoms with van der Waals surface area (Å²) >= 11 is 0. The van der Waals surface area contributed by atoms with E-state index in [1.54, 1.807) is 6.92 Å². The SMILES string of the molecule is Cc1oc(=O)oc1CCC1CCOC1. The summed E-state index contributed by atoms with van der Waals surface area (Å²) in [6.07, 6.45) is 2.88. The molecule has 1 aromatic heterocycles. The highest BCUT2D eigenvalue weighted by Gasteiger charge is 2.17. The molecule has 4 nitrogen and oxygen atoms in total. The van der Waals surface area contributed by atoms with Gasteiger partial charge in [-0.1, -0.05) is 0 Å². The van der Waals surface area contributed by atoms with Crippen LogP contribution in [0, 0.1) is 12.8 Å². The van der Waals surface area contributed by atoms with E-state index in [0.29, 0.717) is 17.4 Å². The zero-order chi connectivity index (χ0) is 9.97. The van der Waals surface area contributed by atoms with Gasteiger partial charge in [0.05, 0.1) is 0 Å². The number of ether oxygens (including phenoxy) is 1. The van der Waals surface area contributed by atoms with Gasteiger partial charge in [0.15, 0.2) is 0 Å². The first-order valence-electron chi connectivity index (χ1n) is 4.93. The van der Waals surface area contributed by atoms with E-state index in [4.69, 9.17) is 13.6 Å². The Balaban J connectivity index is 1.90. The van der Waals surface area contributed by atoms with Crippen molar-refractivity contribution < 1.29 is 13.6 Å². The molecule has 1 aliphatic rings. The molecule has 0 saturated carbocycles. The van der Waals surface area contributed by atoms with Crippen molar-refractivity contribution in [1.29, 1.82) is 0 Å². The summed E-state index contributed by atoms with van der Waals surface area (Å²) in [5, 5.41) is 0. The Morgan fingerprint density at radius 2 is 2.29 bits per heavy atom. The van der Waals surface area contributed by atoms with Crippen molar-refractivity contribution in [2.45, 2.75) is 26.2 Å². The fraction of sp³-hybridized carbons (Fsp3) is 0.700. The molecule has 0 aliphatic carbocycles. The van der Waals surface area contributed by atoms with Crippen molar-refractivity contribution in [2.75, 3.05) is 13.2 Å². The highest BCUT2D eigenvalue weighted by molar-refractivity contribution is 5.00. The first-order chi connectivity index (χ1) is 6.75.